The first-order valence-electron chi connectivity index (χ1n) is 9.55. The zero-order valence-corrected chi connectivity index (χ0v) is 16.7. The molecule has 1 saturated heterocycles. The third-order valence-corrected chi connectivity index (χ3v) is 5.44. The molecule has 1 fully saturated rings. The third kappa shape index (κ3) is 4.61. The van der Waals surface area contributed by atoms with Crippen molar-refractivity contribution in [3.8, 4) is 5.69 Å². The van der Waals surface area contributed by atoms with Gasteiger partial charge in [0.1, 0.15) is 11.6 Å². The van der Waals surface area contributed by atoms with Crippen LogP contribution >= 0.6 is 11.6 Å². The third-order valence-electron chi connectivity index (χ3n) is 5.19. The number of hydrogen-bond acceptors (Lipinski definition) is 3. The van der Waals surface area contributed by atoms with Crippen LogP contribution in [0.25, 0.3) is 5.69 Å². The summed E-state index contributed by atoms with van der Waals surface area (Å²) in [4.78, 5) is 9.71. The Kier molecular flexibility index (Phi) is 5.76. The lowest BCUT2D eigenvalue weighted by Gasteiger charge is -2.31. The smallest absolute Gasteiger partial charge is 0.123 e. The van der Waals surface area contributed by atoms with Gasteiger partial charge in [0.05, 0.1) is 5.69 Å². The van der Waals surface area contributed by atoms with Gasteiger partial charge in [-0.2, -0.15) is 0 Å². The van der Waals surface area contributed by atoms with Crippen molar-refractivity contribution < 1.29 is 4.39 Å². The monoisotopic (exact) mass is 398 g/mol. The Labute approximate surface area is 170 Å². The van der Waals surface area contributed by atoms with Gasteiger partial charge in [0.15, 0.2) is 0 Å². The van der Waals surface area contributed by atoms with Crippen LogP contribution in [-0.2, 0) is 13.0 Å². The van der Waals surface area contributed by atoms with Crippen LogP contribution in [0.5, 0.6) is 0 Å². The number of aromatic nitrogens is 2. The average Bonchev–Trinajstić information content (AvgIpc) is 3.08. The van der Waals surface area contributed by atoms with Crippen LogP contribution in [0.1, 0.15) is 17.1 Å². The van der Waals surface area contributed by atoms with Crippen LogP contribution in [0, 0.1) is 5.82 Å². The number of rotatable bonds is 5. The molecule has 0 saturated carbocycles. The summed E-state index contributed by atoms with van der Waals surface area (Å²) in [6, 6.07) is 14.4. The van der Waals surface area contributed by atoms with Gasteiger partial charge in [-0.1, -0.05) is 23.7 Å². The van der Waals surface area contributed by atoms with Gasteiger partial charge in [0.2, 0.25) is 0 Å². The molecule has 0 amide bonds. The normalized spacial score (nSPS) is 15.8. The lowest BCUT2D eigenvalue weighted by atomic mass is 10.1. The lowest BCUT2D eigenvalue weighted by molar-refractivity contribution is 0.147. The zero-order valence-electron chi connectivity index (χ0n) is 16.0. The summed E-state index contributed by atoms with van der Waals surface area (Å²) in [6.45, 7) is 5.11. The zero-order chi connectivity index (χ0) is 19.5. The maximum Gasteiger partial charge on any atom is 0.123 e. The van der Waals surface area contributed by atoms with Crippen LogP contribution < -0.4 is 0 Å². The number of imidazole rings is 1. The molecule has 0 atom stereocenters. The van der Waals surface area contributed by atoms with E-state index in [1.807, 2.05) is 36.4 Å². The van der Waals surface area contributed by atoms with Crippen LogP contribution in [0.4, 0.5) is 4.39 Å². The molecule has 3 aromatic rings. The summed E-state index contributed by atoms with van der Waals surface area (Å²) < 4.78 is 15.4. The van der Waals surface area contributed by atoms with E-state index in [1.165, 1.54) is 12.1 Å². The second-order valence-electron chi connectivity index (χ2n) is 7.38. The first-order chi connectivity index (χ1) is 13.6. The molecule has 1 aliphatic heterocycles. The standard InChI is InChI=1S/C22H24ClFN4/c1-26-10-12-27(13-11-26)15-20-16-28(21-8-4-18(23)5-9-21)22(25-20)14-17-2-6-19(24)7-3-17/h2-9,16H,10-15H2,1H3. The fraction of sp³-hybridized carbons (Fsp3) is 0.318. The second-order valence-corrected chi connectivity index (χ2v) is 7.81. The van der Waals surface area contributed by atoms with Crippen LogP contribution in [0.3, 0.4) is 0 Å². The van der Waals surface area contributed by atoms with Crippen molar-refractivity contribution in [1.29, 1.82) is 0 Å². The van der Waals surface area contributed by atoms with Gasteiger partial charge in [-0.25, -0.2) is 9.37 Å². The highest BCUT2D eigenvalue weighted by molar-refractivity contribution is 6.30. The van der Waals surface area contributed by atoms with Crippen LogP contribution in [0.15, 0.2) is 54.7 Å². The maximum atomic E-state index is 13.3. The minimum Gasteiger partial charge on any atom is -0.304 e. The molecular weight excluding hydrogens is 375 g/mol. The fourth-order valence-electron chi connectivity index (χ4n) is 3.52. The van der Waals surface area contributed by atoms with E-state index in [-0.39, 0.29) is 5.82 Å². The van der Waals surface area contributed by atoms with Crippen molar-refractivity contribution in [1.82, 2.24) is 19.4 Å². The molecular formula is C22H24ClFN4. The Morgan fingerprint density at radius 1 is 0.964 bits per heavy atom. The quantitative estimate of drug-likeness (QED) is 0.649. The molecule has 0 aliphatic carbocycles. The SMILES string of the molecule is CN1CCN(Cc2cn(-c3ccc(Cl)cc3)c(Cc3ccc(F)cc3)n2)CC1. The highest BCUT2D eigenvalue weighted by atomic mass is 35.5. The van der Waals surface area contributed by atoms with Crippen molar-refractivity contribution >= 4 is 11.6 Å². The van der Waals surface area contributed by atoms with Crippen molar-refractivity contribution in [3.63, 3.8) is 0 Å². The highest BCUT2D eigenvalue weighted by Gasteiger charge is 2.17. The molecule has 28 heavy (non-hydrogen) atoms. The molecule has 0 unspecified atom stereocenters. The molecule has 4 rings (SSSR count). The minimum atomic E-state index is -0.222. The Balaban J connectivity index is 1.61. The molecule has 0 N–H and O–H groups in total. The summed E-state index contributed by atoms with van der Waals surface area (Å²) in [5, 5.41) is 0.710. The van der Waals surface area contributed by atoms with Gasteiger partial charge >= 0.3 is 0 Å². The molecule has 0 bridgehead atoms. The van der Waals surface area contributed by atoms with E-state index < -0.39 is 0 Å². The van der Waals surface area contributed by atoms with Gasteiger partial charge in [0.25, 0.3) is 0 Å². The van der Waals surface area contributed by atoms with Crippen molar-refractivity contribution in [2.45, 2.75) is 13.0 Å². The molecule has 146 valence electrons. The molecule has 1 aromatic heterocycles. The highest BCUT2D eigenvalue weighted by Crippen LogP contribution is 2.20. The summed E-state index contributed by atoms with van der Waals surface area (Å²) in [5.41, 5.74) is 3.11. The van der Waals surface area contributed by atoms with E-state index in [1.54, 1.807) is 0 Å². The topological polar surface area (TPSA) is 24.3 Å². The average molecular weight is 399 g/mol. The van der Waals surface area contributed by atoms with Gasteiger partial charge in [-0.05, 0) is 49.0 Å². The van der Waals surface area contributed by atoms with Gasteiger partial charge < -0.3 is 9.47 Å². The predicted molar refractivity (Wildman–Crippen MR) is 111 cm³/mol. The number of likely N-dealkylation sites (N-methyl/N-ethyl adjacent to an activating group) is 1. The van der Waals surface area contributed by atoms with E-state index in [0.717, 1.165) is 55.5 Å². The Morgan fingerprint density at radius 3 is 2.32 bits per heavy atom. The first-order valence-corrected chi connectivity index (χ1v) is 9.93. The fourth-order valence-corrected chi connectivity index (χ4v) is 3.64. The van der Waals surface area contributed by atoms with Gasteiger partial charge in [-0.15, -0.1) is 0 Å². The van der Waals surface area contributed by atoms with Crippen molar-refractivity contribution in [2.75, 3.05) is 33.2 Å². The summed E-state index contributed by atoms with van der Waals surface area (Å²) >= 11 is 6.06. The van der Waals surface area contributed by atoms with Crippen LogP contribution in [0.2, 0.25) is 5.02 Å². The van der Waals surface area contributed by atoms with E-state index in [0.29, 0.717) is 11.4 Å². The van der Waals surface area contributed by atoms with E-state index >= 15 is 0 Å². The van der Waals surface area contributed by atoms with E-state index in [9.17, 15) is 4.39 Å². The summed E-state index contributed by atoms with van der Waals surface area (Å²) in [6.07, 6.45) is 2.76. The molecule has 1 aliphatic rings. The lowest BCUT2D eigenvalue weighted by Crippen LogP contribution is -2.43. The van der Waals surface area contributed by atoms with Crippen molar-refractivity contribution in [3.05, 3.63) is 82.6 Å². The van der Waals surface area contributed by atoms with E-state index in [2.05, 4.69) is 27.6 Å². The summed E-state index contributed by atoms with van der Waals surface area (Å²) in [7, 11) is 2.16. The number of nitrogens with zero attached hydrogens (tertiary/aromatic N) is 4. The Morgan fingerprint density at radius 2 is 1.64 bits per heavy atom. The molecule has 0 radical (unpaired) electrons. The number of hydrogen-bond donors (Lipinski definition) is 0. The maximum absolute atomic E-state index is 13.3. The second kappa shape index (κ2) is 8.43. The van der Waals surface area contributed by atoms with Gasteiger partial charge in [0, 0.05) is 56.1 Å². The van der Waals surface area contributed by atoms with Crippen LogP contribution in [-0.4, -0.2) is 52.6 Å². The molecule has 0 spiro atoms. The van der Waals surface area contributed by atoms with E-state index in [4.69, 9.17) is 16.6 Å². The molecule has 2 heterocycles. The number of halogens is 2. The molecule has 4 nitrogen and oxygen atoms in total. The largest absolute Gasteiger partial charge is 0.304 e. The molecule has 6 heteroatoms. The summed E-state index contributed by atoms with van der Waals surface area (Å²) in [5.74, 6) is 0.721. The predicted octanol–water partition coefficient (Wildman–Crippen LogP) is 4.00. The van der Waals surface area contributed by atoms with Gasteiger partial charge in [-0.3, -0.25) is 4.90 Å². The Bertz CT molecular complexity index is 913. The molecule has 2 aromatic carbocycles. The first kappa shape index (κ1) is 19.1. The minimum absolute atomic E-state index is 0.222. The number of benzene rings is 2. The van der Waals surface area contributed by atoms with Crippen molar-refractivity contribution in [2.24, 2.45) is 0 Å². The number of piperazine rings is 1. The Hall–Kier alpha value is -2.21.